The summed E-state index contributed by atoms with van der Waals surface area (Å²) in [7, 11) is 0. The minimum absolute atomic E-state index is 0.143. The van der Waals surface area contributed by atoms with Crippen LogP contribution in [-0.2, 0) is 4.79 Å². The molecule has 3 aromatic carbocycles. The molecule has 5 rings (SSSR count). The van der Waals surface area contributed by atoms with Crippen LogP contribution in [0.3, 0.4) is 0 Å². The third kappa shape index (κ3) is 3.50. The molecule has 1 aliphatic heterocycles. The van der Waals surface area contributed by atoms with Crippen LogP contribution in [0.4, 0.5) is 11.4 Å². The first-order chi connectivity index (χ1) is 14.6. The third-order valence-electron chi connectivity index (χ3n) is 6.06. The van der Waals surface area contributed by atoms with Crippen molar-refractivity contribution in [1.29, 1.82) is 0 Å². The first-order valence-electron chi connectivity index (χ1n) is 10.3. The molecule has 0 unspecified atom stereocenters. The van der Waals surface area contributed by atoms with Crippen molar-refractivity contribution in [3.63, 3.8) is 0 Å². The molecule has 2 atom stereocenters. The van der Waals surface area contributed by atoms with Crippen molar-refractivity contribution in [1.82, 2.24) is 0 Å². The van der Waals surface area contributed by atoms with Crippen LogP contribution in [0.2, 0.25) is 5.02 Å². The zero-order valence-electron chi connectivity index (χ0n) is 16.8. The number of rotatable bonds is 2. The van der Waals surface area contributed by atoms with Crippen molar-refractivity contribution in [2.75, 3.05) is 10.6 Å². The van der Waals surface area contributed by atoms with E-state index in [4.69, 9.17) is 11.6 Å². The monoisotopic (exact) mass is 414 g/mol. The Balaban J connectivity index is 1.60. The maximum atomic E-state index is 13.5. The highest BCUT2D eigenvalue weighted by Gasteiger charge is 2.35. The lowest BCUT2D eigenvalue weighted by molar-refractivity contribution is -0.116. The predicted octanol–water partition coefficient (Wildman–Crippen LogP) is 6.63. The smallest absolute Gasteiger partial charge is 0.163 e. The van der Waals surface area contributed by atoms with Gasteiger partial charge in [0.05, 0.1) is 17.4 Å². The number of nitrogens with one attached hydrogen (secondary N) is 2. The number of Topliss-reactive ketones (excluding diaryl/α,β-unsaturated/α-hetero) is 1. The summed E-state index contributed by atoms with van der Waals surface area (Å²) in [4.78, 5) is 13.5. The molecule has 0 aromatic heterocycles. The number of fused-ring (bicyclic) bond motifs is 1. The number of aryl methyl sites for hydroxylation is 1. The van der Waals surface area contributed by atoms with Gasteiger partial charge in [0.2, 0.25) is 0 Å². The molecule has 0 fully saturated rings. The van der Waals surface area contributed by atoms with Gasteiger partial charge in [0.15, 0.2) is 5.78 Å². The fourth-order valence-corrected chi connectivity index (χ4v) is 4.60. The summed E-state index contributed by atoms with van der Waals surface area (Å²) in [6.07, 6.45) is 1.30. The van der Waals surface area contributed by atoms with Crippen molar-refractivity contribution in [3.8, 4) is 0 Å². The Bertz CT molecular complexity index is 1130. The van der Waals surface area contributed by atoms with Crippen molar-refractivity contribution in [2.45, 2.75) is 31.7 Å². The average molecular weight is 415 g/mol. The molecular weight excluding hydrogens is 392 g/mol. The number of halogens is 1. The summed E-state index contributed by atoms with van der Waals surface area (Å²) in [5, 5.41) is 7.93. The molecule has 1 heterocycles. The van der Waals surface area contributed by atoms with Crippen LogP contribution < -0.4 is 10.6 Å². The van der Waals surface area contributed by atoms with Crippen LogP contribution in [0.15, 0.2) is 84.1 Å². The highest BCUT2D eigenvalue weighted by molar-refractivity contribution is 6.30. The number of para-hydroxylation sites is 2. The average Bonchev–Trinajstić information content (AvgIpc) is 2.91. The second kappa shape index (κ2) is 7.66. The van der Waals surface area contributed by atoms with Crippen molar-refractivity contribution in [3.05, 3.63) is 106 Å². The molecule has 0 saturated carbocycles. The Morgan fingerprint density at radius 1 is 0.833 bits per heavy atom. The second-order valence-electron chi connectivity index (χ2n) is 8.13. The number of anilines is 2. The molecule has 3 aromatic rings. The van der Waals surface area contributed by atoms with E-state index in [1.54, 1.807) is 0 Å². The molecular formula is C26H23ClN2O. The van der Waals surface area contributed by atoms with Crippen LogP contribution in [0, 0.1) is 6.92 Å². The van der Waals surface area contributed by atoms with E-state index in [2.05, 4.69) is 54.0 Å². The lowest BCUT2D eigenvalue weighted by atomic mass is 9.78. The minimum Gasteiger partial charge on any atom is -0.372 e. The minimum atomic E-state index is -0.171. The molecule has 0 spiro atoms. The maximum absolute atomic E-state index is 13.5. The zero-order chi connectivity index (χ0) is 20.7. The van der Waals surface area contributed by atoms with Gasteiger partial charge in [0.25, 0.3) is 0 Å². The summed E-state index contributed by atoms with van der Waals surface area (Å²) in [6, 6.07) is 24.3. The Morgan fingerprint density at radius 3 is 2.23 bits per heavy atom. The van der Waals surface area contributed by atoms with Crippen molar-refractivity contribution in [2.24, 2.45) is 0 Å². The first kappa shape index (κ1) is 19.0. The highest BCUT2D eigenvalue weighted by Crippen LogP contribution is 2.44. The quantitative estimate of drug-likeness (QED) is 0.494. The van der Waals surface area contributed by atoms with E-state index in [9.17, 15) is 4.79 Å². The van der Waals surface area contributed by atoms with Gasteiger partial charge in [-0.05, 0) is 54.7 Å². The Labute approximate surface area is 181 Å². The topological polar surface area (TPSA) is 41.1 Å². The number of carbonyl (C=O) groups excluding carboxylic acids is 1. The van der Waals surface area contributed by atoms with E-state index in [0.29, 0.717) is 11.4 Å². The number of hydrogen-bond acceptors (Lipinski definition) is 3. The fourth-order valence-electron chi connectivity index (χ4n) is 4.47. The molecule has 0 amide bonds. The van der Waals surface area contributed by atoms with Crippen LogP contribution in [0.25, 0.3) is 0 Å². The summed E-state index contributed by atoms with van der Waals surface area (Å²) >= 11 is 6.07. The molecule has 4 heteroatoms. The number of hydrogen-bond donors (Lipinski definition) is 2. The van der Waals surface area contributed by atoms with E-state index in [-0.39, 0.29) is 17.7 Å². The maximum Gasteiger partial charge on any atom is 0.163 e. The number of ketones is 1. The molecule has 150 valence electrons. The summed E-state index contributed by atoms with van der Waals surface area (Å²) in [5.74, 6) is 0.333. The van der Waals surface area contributed by atoms with Gasteiger partial charge in [-0.25, -0.2) is 0 Å². The van der Waals surface area contributed by atoms with Gasteiger partial charge in [-0.1, -0.05) is 65.7 Å². The summed E-state index contributed by atoms with van der Waals surface area (Å²) in [6.45, 7) is 2.08. The van der Waals surface area contributed by atoms with E-state index in [1.165, 1.54) is 5.56 Å². The van der Waals surface area contributed by atoms with Crippen LogP contribution in [0.5, 0.6) is 0 Å². The normalized spacial score (nSPS) is 20.5. The van der Waals surface area contributed by atoms with Gasteiger partial charge in [0, 0.05) is 22.7 Å². The third-order valence-corrected chi connectivity index (χ3v) is 6.31. The summed E-state index contributed by atoms with van der Waals surface area (Å²) < 4.78 is 0. The van der Waals surface area contributed by atoms with E-state index < -0.39 is 0 Å². The van der Waals surface area contributed by atoms with Crippen LogP contribution in [0.1, 0.15) is 41.5 Å². The van der Waals surface area contributed by atoms with Gasteiger partial charge in [-0.15, -0.1) is 0 Å². The summed E-state index contributed by atoms with van der Waals surface area (Å²) in [5.41, 5.74) is 7.33. The molecule has 0 bridgehead atoms. The van der Waals surface area contributed by atoms with Gasteiger partial charge in [0.1, 0.15) is 0 Å². The van der Waals surface area contributed by atoms with E-state index in [0.717, 1.165) is 40.2 Å². The Hall–Kier alpha value is -3.04. The van der Waals surface area contributed by atoms with Crippen LogP contribution in [-0.4, -0.2) is 5.78 Å². The van der Waals surface area contributed by atoms with E-state index >= 15 is 0 Å². The molecule has 0 saturated heterocycles. The fraction of sp³-hybridized carbons (Fsp3) is 0.192. The molecule has 1 aliphatic carbocycles. The lowest BCUT2D eigenvalue weighted by Gasteiger charge is -2.30. The van der Waals surface area contributed by atoms with Crippen LogP contribution >= 0.6 is 11.6 Å². The number of benzene rings is 3. The molecule has 3 nitrogen and oxygen atoms in total. The van der Waals surface area contributed by atoms with Gasteiger partial charge in [-0.2, -0.15) is 0 Å². The SMILES string of the molecule is Cc1ccc([C@@H]2Nc3ccccc3NC3=C2C(=O)C[C@H](c2ccc(Cl)cc2)C3)cc1. The molecule has 30 heavy (non-hydrogen) atoms. The number of carbonyl (C=O) groups is 1. The van der Waals surface area contributed by atoms with Gasteiger partial charge in [-0.3, -0.25) is 4.79 Å². The zero-order valence-corrected chi connectivity index (χ0v) is 17.5. The van der Waals surface area contributed by atoms with Crippen molar-refractivity contribution >= 4 is 28.8 Å². The predicted molar refractivity (Wildman–Crippen MR) is 123 cm³/mol. The first-order valence-corrected chi connectivity index (χ1v) is 10.7. The lowest BCUT2D eigenvalue weighted by Crippen LogP contribution is -2.26. The van der Waals surface area contributed by atoms with Crippen molar-refractivity contribution < 1.29 is 4.79 Å². The second-order valence-corrected chi connectivity index (χ2v) is 8.57. The molecule has 2 aliphatic rings. The van der Waals surface area contributed by atoms with E-state index in [1.807, 2.05) is 36.4 Å². The molecule has 2 N–H and O–H groups in total. The number of allylic oxidation sites excluding steroid dienone is 1. The standard InChI is InChI=1S/C26H23ClN2O/c1-16-6-8-18(9-7-16)26-25-23(28-21-4-2-3-5-22(21)29-26)14-19(15-24(25)30)17-10-12-20(27)13-11-17/h2-13,19,26,28-29H,14-15H2,1H3/t19-,26+/m1/s1. The van der Waals surface area contributed by atoms with Gasteiger partial charge < -0.3 is 10.6 Å². The Kier molecular flexibility index (Phi) is 4.84. The largest absolute Gasteiger partial charge is 0.372 e. The Morgan fingerprint density at radius 2 is 1.50 bits per heavy atom. The molecule has 0 radical (unpaired) electrons. The highest BCUT2D eigenvalue weighted by atomic mass is 35.5. The van der Waals surface area contributed by atoms with Gasteiger partial charge >= 0.3 is 0 Å².